The first kappa shape index (κ1) is 8.75. The molecule has 1 amide bonds. The second-order valence-corrected chi connectivity index (χ2v) is 3.39. The van der Waals surface area contributed by atoms with Gasteiger partial charge >= 0.3 is 0 Å². The van der Waals surface area contributed by atoms with E-state index in [1.54, 1.807) is 19.0 Å². The molecule has 1 aliphatic heterocycles. The molecule has 2 heterocycles. The predicted molar refractivity (Wildman–Crippen MR) is 48.6 cm³/mol. The molecule has 0 atom stereocenters. The van der Waals surface area contributed by atoms with Gasteiger partial charge in [-0.2, -0.15) is 10.4 Å². The van der Waals surface area contributed by atoms with E-state index < -0.39 is 0 Å². The summed E-state index contributed by atoms with van der Waals surface area (Å²) in [5.41, 5.74) is 1.72. The Morgan fingerprint density at radius 3 is 2.86 bits per heavy atom. The van der Waals surface area contributed by atoms with E-state index >= 15 is 0 Å². The van der Waals surface area contributed by atoms with Crippen LogP contribution in [0.4, 0.5) is 0 Å². The van der Waals surface area contributed by atoms with Gasteiger partial charge in [-0.25, -0.2) is 0 Å². The van der Waals surface area contributed by atoms with Crippen LogP contribution in [0.15, 0.2) is 0 Å². The second-order valence-electron chi connectivity index (χ2n) is 3.39. The van der Waals surface area contributed by atoms with E-state index in [9.17, 15) is 4.79 Å². The number of aromatic nitrogens is 2. The van der Waals surface area contributed by atoms with E-state index in [-0.39, 0.29) is 5.91 Å². The van der Waals surface area contributed by atoms with Crippen molar-refractivity contribution in [2.24, 2.45) is 7.05 Å². The van der Waals surface area contributed by atoms with Crippen LogP contribution in [0.1, 0.15) is 21.7 Å². The first-order chi connectivity index (χ1) is 6.65. The highest BCUT2D eigenvalue weighted by Gasteiger charge is 2.28. The van der Waals surface area contributed by atoms with Gasteiger partial charge in [-0.05, 0) is 6.42 Å². The minimum Gasteiger partial charge on any atom is -0.340 e. The maximum atomic E-state index is 11.7. The van der Waals surface area contributed by atoms with Gasteiger partial charge in [0, 0.05) is 26.2 Å². The van der Waals surface area contributed by atoms with Crippen molar-refractivity contribution >= 4 is 5.91 Å². The molecule has 0 aromatic carbocycles. The van der Waals surface area contributed by atoms with Crippen molar-refractivity contribution in [3.63, 3.8) is 0 Å². The SMILES string of the molecule is CN1CCc2c(C#N)nn(C)c2C1=O. The van der Waals surface area contributed by atoms with Crippen LogP contribution < -0.4 is 0 Å². The van der Waals surface area contributed by atoms with Crippen molar-refractivity contribution < 1.29 is 4.79 Å². The first-order valence-electron chi connectivity index (χ1n) is 4.36. The van der Waals surface area contributed by atoms with Gasteiger partial charge < -0.3 is 4.90 Å². The van der Waals surface area contributed by atoms with Gasteiger partial charge in [0.05, 0.1) is 0 Å². The van der Waals surface area contributed by atoms with Crippen molar-refractivity contribution in [1.82, 2.24) is 14.7 Å². The quantitative estimate of drug-likeness (QED) is 0.574. The van der Waals surface area contributed by atoms with Crippen molar-refractivity contribution in [2.75, 3.05) is 13.6 Å². The number of carbonyl (C=O) groups excluding carboxylic acids is 1. The summed E-state index contributed by atoms with van der Waals surface area (Å²) in [4.78, 5) is 13.4. The fourth-order valence-electron chi connectivity index (χ4n) is 1.72. The van der Waals surface area contributed by atoms with Gasteiger partial charge in [0.25, 0.3) is 5.91 Å². The van der Waals surface area contributed by atoms with Gasteiger partial charge in [-0.15, -0.1) is 0 Å². The molecule has 0 aliphatic carbocycles. The fraction of sp³-hybridized carbons (Fsp3) is 0.444. The number of nitriles is 1. The van der Waals surface area contributed by atoms with Crippen LogP contribution in [0.25, 0.3) is 0 Å². The summed E-state index contributed by atoms with van der Waals surface area (Å²) >= 11 is 0. The Morgan fingerprint density at radius 1 is 1.50 bits per heavy atom. The molecule has 0 saturated heterocycles. The van der Waals surface area contributed by atoms with Gasteiger partial charge in [-0.1, -0.05) is 0 Å². The topological polar surface area (TPSA) is 61.9 Å². The lowest BCUT2D eigenvalue weighted by atomic mass is 10.0. The number of hydrogen-bond acceptors (Lipinski definition) is 3. The number of amides is 1. The van der Waals surface area contributed by atoms with E-state index in [0.29, 0.717) is 24.4 Å². The van der Waals surface area contributed by atoms with E-state index in [0.717, 1.165) is 5.56 Å². The largest absolute Gasteiger partial charge is 0.340 e. The summed E-state index contributed by atoms with van der Waals surface area (Å²) in [6.45, 7) is 0.659. The third-order valence-electron chi connectivity index (χ3n) is 2.50. The third-order valence-corrected chi connectivity index (χ3v) is 2.50. The lowest BCUT2D eigenvalue weighted by molar-refractivity contribution is 0.0769. The number of carbonyl (C=O) groups is 1. The maximum absolute atomic E-state index is 11.7. The average Bonchev–Trinajstić information content (AvgIpc) is 2.49. The van der Waals surface area contributed by atoms with Crippen LogP contribution in [-0.4, -0.2) is 34.2 Å². The summed E-state index contributed by atoms with van der Waals surface area (Å²) in [6.07, 6.45) is 0.717. The minimum absolute atomic E-state index is 0.0530. The average molecular weight is 190 g/mol. The molecule has 0 fully saturated rings. The van der Waals surface area contributed by atoms with E-state index in [4.69, 9.17) is 5.26 Å². The summed E-state index contributed by atoms with van der Waals surface area (Å²) < 4.78 is 1.49. The molecule has 0 unspecified atom stereocenters. The zero-order chi connectivity index (χ0) is 10.3. The molecule has 0 radical (unpaired) electrons. The Bertz CT molecular complexity index is 440. The maximum Gasteiger partial charge on any atom is 0.272 e. The zero-order valence-electron chi connectivity index (χ0n) is 8.11. The van der Waals surface area contributed by atoms with Gasteiger partial charge in [-0.3, -0.25) is 9.48 Å². The molecule has 5 nitrogen and oxygen atoms in total. The van der Waals surface area contributed by atoms with Gasteiger partial charge in [0.1, 0.15) is 11.8 Å². The van der Waals surface area contributed by atoms with Crippen LogP contribution in [0.5, 0.6) is 0 Å². The summed E-state index contributed by atoms with van der Waals surface area (Å²) in [5, 5.41) is 12.8. The lowest BCUT2D eigenvalue weighted by Gasteiger charge is -2.22. The molecule has 72 valence electrons. The van der Waals surface area contributed by atoms with E-state index in [2.05, 4.69) is 5.10 Å². The number of aryl methyl sites for hydroxylation is 1. The van der Waals surface area contributed by atoms with E-state index in [1.807, 2.05) is 6.07 Å². The van der Waals surface area contributed by atoms with Crippen LogP contribution in [-0.2, 0) is 13.5 Å². The lowest BCUT2D eigenvalue weighted by Crippen LogP contribution is -2.35. The van der Waals surface area contributed by atoms with Crippen molar-refractivity contribution in [3.8, 4) is 6.07 Å². The molecule has 0 N–H and O–H groups in total. The fourth-order valence-corrected chi connectivity index (χ4v) is 1.72. The second kappa shape index (κ2) is 2.84. The first-order valence-corrected chi connectivity index (χ1v) is 4.36. The minimum atomic E-state index is -0.0530. The van der Waals surface area contributed by atoms with Gasteiger partial charge in [0.15, 0.2) is 5.69 Å². The van der Waals surface area contributed by atoms with Gasteiger partial charge in [0.2, 0.25) is 0 Å². The number of nitrogens with zero attached hydrogens (tertiary/aromatic N) is 4. The number of hydrogen-bond donors (Lipinski definition) is 0. The molecule has 2 rings (SSSR count). The smallest absolute Gasteiger partial charge is 0.272 e. The third kappa shape index (κ3) is 1.01. The molecule has 0 saturated carbocycles. The van der Waals surface area contributed by atoms with Crippen molar-refractivity contribution in [2.45, 2.75) is 6.42 Å². The monoisotopic (exact) mass is 190 g/mol. The Balaban J connectivity index is 2.62. The summed E-state index contributed by atoms with van der Waals surface area (Å²) in [5.74, 6) is -0.0530. The van der Waals surface area contributed by atoms with Crippen LogP contribution in [0, 0.1) is 11.3 Å². The normalized spacial score (nSPS) is 15.2. The summed E-state index contributed by atoms with van der Waals surface area (Å²) in [6, 6.07) is 2.01. The standard InChI is InChI=1S/C9H10N4O/c1-12-4-3-6-7(5-10)11-13(2)8(6)9(12)14/h3-4H2,1-2H3. The van der Waals surface area contributed by atoms with E-state index in [1.165, 1.54) is 4.68 Å². The Morgan fingerprint density at radius 2 is 2.21 bits per heavy atom. The highest BCUT2D eigenvalue weighted by Crippen LogP contribution is 2.20. The van der Waals surface area contributed by atoms with Crippen LogP contribution in [0.3, 0.4) is 0 Å². The molecule has 1 aromatic rings. The molecular formula is C9H10N4O. The Labute approximate surface area is 81.5 Å². The molecule has 0 bridgehead atoms. The predicted octanol–water partition coefficient (Wildman–Crippen LogP) is -0.0801. The molecule has 0 spiro atoms. The zero-order valence-corrected chi connectivity index (χ0v) is 8.11. The number of fused-ring (bicyclic) bond motifs is 1. The van der Waals surface area contributed by atoms with Crippen LogP contribution in [0.2, 0.25) is 0 Å². The molecular weight excluding hydrogens is 180 g/mol. The highest BCUT2D eigenvalue weighted by atomic mass is 16.2. The highest BCUT2D eigenvalue weighted by molar-refractivity contribution is 5.95. The molecule has 1 aliphatic rings. The molecule has 1 aromatic heterocycles. The van der Waals surface area contributed by atoms with Crippen molar-refractivity contribution in [1.29, 1.82) is 5.26 Å². The van der Waals surface area contributed by atoms with Crippen molar-refractivity contribution in [3.05, 3.63) is 17.0 Å². The Hall–Kier alpha value is -1.83. The number of rotatable bonds is 0. The summed E-state index contributed by atoms with van der Waals surface area (Å²) in [7, 11) is 3.45. The number of likely N-dealkylation sites (N-methyl/N-ethyl adjacent to an activating group) is 1. The van der Waals surface area contributed by atoms with Crippen LogP contribution >= 0.6 is 0 Å². The molecule has 5 heteroatoms. The Kier molecular flexibility index (Phi) is 1.78. The molecule has 14 heavy (non-hydrogen) atoms.